The minimum absolute atomic E-state index is 0.127. The maximum atomic E-state index is 12.2. The lowest BCUT2D eigenvalue weighted by Gasteiger charge is -2.15. The Hall–Kier alpha value is -2.40. The van der Waals surface area contributed by atoms with Crippen molar-refractivity contribution in [3.63, 3.8) is 0 Å². The molecule has 0 saturated carbocycles. The highest BCUT2D eigenvalue weighted by Gasteiger charge is 2.10. The smallest absolute Gasteiger partial charge is 0.243 e. The molecule has 2 N–H and O–H groups in total. The first-order valence-electron chi connectivity index (χ1n) is 7.47. The van der Waals surface area contributed by atoms with Crippen LogP contribution < -0.4 is 20.1 Å². The molecule has 6 heteroatoms. The van der Waals surface area contributed by atoms with Gasteiger partial charge >= 0.3 is 0 Å². The number of rotatable bonds is 6. The number of amides is 1. The number of carbonyl (C=O) groups excluding carboxylic acids is 1. The van der Waals surface area contributed by atoms with E-state index < -0.39 is 0 Å². The molecule has 0 bridgehead atoms. The maximum Gasteiger partial charge on any atom is 0.243 e. The molecule has 0 radical (unpaired) electrons. The van der Waals surface area contributed by atoms with Crippen LogP contribution in [0.2, 0.25) is 5.02 Å². The summed E-state index contributed by atoms with van der Waals surface area (Å²) in [5.41, 5.74) is 3.43. The zero-order valence-electron chi connectivity index (χ0n) is 14.2. The van der Waals surface area contributed by atoms with Gasteiger partial charge in [0.25, 0.3) is 0 Å². The predicted molar refractivity (Wildman–Crippen MR) is 97.6 cm³/mol. The van der Waals surface area contributed by atoms with Gasteiger partial charge < -0.3 is 20.1 Å². The minimum atomic E-state index is -0.158. The number of carbonyl (C=O) groups is 1. The Bertz CT molecular complexity index is 747. The normalized spacial score (nSPS) is 10.2. The highest BCUT2D eigenvalue weighted by molar-refractivity contribution is 6.31. The Morgan fingerprint density at radius 2 is 1.67 bits per heavy atom. The standard InChI is InChI=1S/C18H21ClN2O3/c1-11-5-6-13(19)8-15(11)21-18(22)10-20-14-9-17(24-4)16(23-3)7-12(14)2/h5-9,20H,10H2,1-4H3,(H,21,22). The summed E-state index contributed by atoms with van der Waals surface area (Å²) in [4.78, 5) is 12.2. The zero-order chi connectivity index (χ0) is 17.7. The van der Waals surface area contributed by atoms with Gasteiger partial charge in [-0.1, -0.05) is 17.7 Å². The quantitative estimate of drug-likeness (QED) is 0.827. The zero-order valence-corrected chi connectivity index (χ0v) is 15.0. The molecule has 24 heavy (non-hydrogen) atoms. The van der Waals surface area contributed by atoms with E-state index in [9.17, 15) is 4.79 Å². The van der Waals surface area contributed by atoms with Gasteiger partial charge in [-0.3, -0.25) is 4.79 Å². The van der Waals surface area contributed by atoms with Crippen LogP contribution in [-0.4, -0.2) is 26.7 Å². The summed E-state index contributed by atoms with van der Waals surface area (Å²) in [6.07, 6.45) is 0. The molecule has 0 aliphatic carbocycles. The lowest BCUT2D eigenvalue weighted by molar-refractivity contribution is -0.114. The second kappa shape index (κ2) is 7.93. The first kappa shape index (κ1) is 17.9. The molecule has 0 aliphatic heterocycles. The Morgan fingerprint density at radius 1 is 1.00 bits per heavy atom. The van der Waals surface area contributed by atoms with Gasteiger partial charge in [-0.15, -0.1) is 0 Å². The molecule has 128 valence electrons. The van der Waals surface area contributed by atoms with E-state index in [2.05, 4.69) is 10.6 Å². The van der Waals surface area contributed by atoms with Crippen molar-refractivity contribution in [2.45, 2.75) is 13.8 Å². The summed E-state index contributed by atoms with van der Waals surface area (Å²) in [5, 5.41) is 6.55. The van der Waals surface area contributed by atoms with Gasteiger partial charge in [-0.2, -0.15) is 0 Å². The number of methoxy groups -OCH3 is 2. The van der Waals surface area contributed by atoms with Crippen molar-refractivity contribution in [1.82, 2.24) is 0 Å². The van der Waals surface area contributed by atoms with E-state index in [1.54, 1.807) is 26.4 Å². The van der Waals surface area contributed by atoms with Crippen molar-refractivity contribution in [2.75, 3.05) is 31.4 Å². The Morgan fingerprint density at radius 3 is 2.33 bits per heavy atom. The summed E-state index contributed by atoms with van der Waals surface area (Å²) in [5.74, 6) is 1.10. The van der Waals surface area contributed by atoms with Crippen LogP contribution in [0.15, 0.2) is 30.3 Å². The van der Waals surface area contributed by atoms with Crippen molar-refractivity contribution in [1.29, 1.82) is 0 Å². The molecule has 5 nitrogen and oxygen atoms in total. The number of benzene rings is 2. The molecule has 2 rings (SSSR count). The van der Waals surface area contributed by atoms with Crippen molar-refractivity contribution in [2.24, 2.45) is 0 Å². The topological polar surface area (TPSA) is 59.6 Å². The van der Waals surface area contributed by atoms with Crippen LogP contribution >= 0.6 is 11.6 Å². The summed E-state index contributed by atoms with van der Waals surface area (Å²) in [6, 6.07) is 9.06. The third-order valence-electron chi connectivity index (χ3n) is 3.64. The van der Waals surface area contributed by atoms with Crippen LogP contribution in [0.4, 0.5) is 11.4 Å². The van der Waals surface area contributed by atoms with Gasteiger partial charge in [0.05, 0.1) is 20.8 Å². The molecule has 0 spiro atoms. The monoisotopic (exact) mass is 348 g/mol. The minimum Gasteiger partial charge on any atom is -0.493 e. The molecule has 1 amide bonds. The van der Waals surface area contributed by atoms with Crippen LogP contribution in [0.5, 0.6) is 11.5 Å². The number of anilines is 2. The molecule has 2 aromatic rings. The van der Waals surface area contributed by atoms with Crippen molar-refractivity contribution >= 4 is 28.9 Å². The molecule has 0 aliphatic rings. The number of halogens is 1. The van der Waals surface area contributed by atoms with E-state index in [4.69, 9.17) is 21.1 Å². The average molecular weight is 349 g/mol. The molecule has 0 saturated heterocycles. The lowest BCUT2D eigenvalue weighted by Crippen LogP contribution is -2.22. The Balaban J connectivity index is 2.05. The lowest BCUT2D eigenvalue weighted by atomic mass is 10.1. The molecular weight excluding hydrogens is 328 g/mol. The Kier molecular flexibility index (Phi) is 5.93. The number of ether oxygens (including phenoxy) is 2. The third-order valence-corrected chi connectivity index (χ3v) is 3.88. The molecular formula is C18H21ClN2O3. The molecule has 0 atom stereocenters. The van der Waals surface area contributed by atoms with Crippen molar-refractivity contribution < 1.29 is 14.3 Å². The first-order chi connectivity index (χ1) is 11.4. The van der Waals surface area contributed by atoms with Gasteiger partial charge in [0.2, 0.25) is 5.91 Å². The SMILES string of the molecule is COc1cc(C)c(NCC(=O)Nc2cc(Cl)ccc2C)cc1OC. The highest BCUT2D eigenvalue weighted by atomic mass is 35.5. The average Bonchev–Trinajstić information content (AvgIpc) is 2.56. The van der Waals surface area contributed by atoms with E-state index in [1.807, 2.05) is 32.0 Å². The molecule has 0 aromatic heterocycles. The molecule has 0 heterocycles. The van der Waals surface area contributed by atoms with Crippen LogP contribution in [0, 0.1) is 13.8 Å². The fourth-order valence-corrected chi connectivity index (χ4v) is 2.44. The van der Waals surface area contributed by atoms with E-state index in [-0.39, 0.29) is 12.5 Å². The number of hydrogen-bond acceptors (Lipinski definition) is 4. The number of nitrogens with one attached hydrogen (secondary N) is 2. The van der Waals surface area contributed by atoms with Crippen molar-refractivity contribution in [3.8, 4) is 11.5 Å². The van der Waals surface area contributed by atoms with E-state index in [0.29, 0.717) is 22.2 Å². The van der Waals surface area contributed by atoms with Gasteiger partial charge in [0.15, 0.2) is 11.5 Å². The van der Waals surface area contributed by atoms with Gasteiger partial charge in [0.1, 0.15) is 0 Å². The second-order valence-electron chi connectivity index (χ2n) is 5.38. The van der Waals surface area contributed by atoms with Gasteiger partial charge in [0, 0.05) is 22.5 Å². The maximum absolute atomic E-state index is 12.2. The molecule has 0 unspecified atom stereocenters. The summed E-state index contributed by atoms with van der Waals surface area (Å²) >= 11 is 5.96. The van der Waals surface area contributed by atoms with E-state index >= 15 is 0 Å². The number of hydrogen-bond donors (Lipinski definition) is 2. The van der Waals surface area contributed by atoms with Gasteiger partial charge in [-0.05, 0) is 43.2 Å². The Labute approximate surface area is 146 Å². The summed E-state index contributed by atoms with van der Waals surface area (Å²) < 4.78 is 10.5. The number of aryl methyl sites for hydroxylation is 2. The molecule has 2 aromatic carbocycles. The van der Waals surface area contributed by atoms with E-state index in [0.717, 1.165) is 16.8 Å². The van der Waals surface area contributed by atoms with Crippen LogP contribution in [-0.2, 0) is 4.79 Å². The third kappa shape index (κ3) is 4.32. The largest absolute Gasteiger partial charge is 0.493 e. The predicted octanol–water partition coefficient (Wildman–Crippen LogP) is 4.02. The van der Waals surface area contributed by atoms with E-state index in [1.165, 1.54) is 0 Å². The van der Waals surface area contributed by atoms with Crippen LogP contribution in [0.25, 0.3) is 0 Å². The fourth-order valence-electron chi connectivity index (χ4n) is 2.27. The van der Waals surface area contributed by atoms with Crippen LogP contribution in [0.3, 0.4) is 0 Å². The summed E-state index contributed by atoms with van der Waals surface area (Å²) in [7, 11) is 3.16. The second-order valence-corrected chi connectivity index (χ2v) is 5.82. The van der Waals surface area contributed by atoms with Gasteiger partial charge in [-0.25, -0.2) is 0 Å². The fraction of sp³-hybridized carbons (Fsp3) is 0.278. The highest BCUT2D eigenvalue weighted by Crippen LogP contribution is 2.32. The van der Waals surface area contributed by atoms with Crippen molar-refractivity contribution in [3.05, 3.63) is 46.5 Å². The summed E-state index contributed by atoms with van der Waals surface area (Å²) in [6.45, 7) is 3.98. The molecule has 0 fully saturated rings. The van der Waals surface area contributed by atoms with Crippen LogP contribution in [0.1, 0.15) is 11.1 Å². The first-order valence-corrected chi connectivity index (χ1v) is 7.85.